The summed E-state index contributed by atoms with van der Waals surface area (Å²) < 4.78 is 0. The zero-order chi connectivity index (χ0) is 21.1. The van der Waals surface area contributed by atoms with Gasteiger partial charge in [0.05, 0.1) is 19.3 Å². The molecule has 0 aromatic heterocycles. The van der Waals surface area contributed by atoms with Crippen LogP contribution in [0.3, 0.4) is 0 Å². The van der Waals surface area contributed by atoms with Crippen molar-refractivity contribution in [3.05, 3.63) is 0 Å². The van der Waals surface area contributed by atoms with Crippen molar-refractivity contribution in [2.45, 2.75) is 44.0 Å². The van der Waals surface area contributed by atoms with Gasteiger partial charge in [0.15, 0.2) is 6.04 Å². The first-order chi connectivity index (χ1) is 12.5. The van der Waals surface area contributed by atoms with E-state index in [0.717, 1.165) is 6.92 Å². The topological polar surface area (TPSA) is 234 Å². The van der Waals surface area contributed by atoms with Crippen LogP contribution in [0.15, 0.2) is 0 Å². The van der Waals surface area contributed by atoms with Crippen molar-refractivity contribution in [3.63, 3.8) is 0 Å². The fourth-order valence-electron chi connectivity index (χ4n) is 1.82. The Morgan fingerprint density at radius 2 is 1.67 bits per heavy atom. The minimum Gasteiger partial charge on any atom is -0.480 e. The zero-order valence-electron chi connectivity index (χ0n) is 14.7. The number of nitrogens with two attached hydrogens (primary N) is 2. The molecule has 13 heteroatoms. The maximum atomic E-state index is 12.1. The second-order valence-electron chi connectivity index (χ2n) is 5.70. The molecule has 0 spiro atoms. The average molecular weight is 391 g/mol. The fraction of sp³-hybridized carbons (Fsp3) is 0.643. The zero-order valence-corrected chi connectivity index (χ0v) is 14.7. The number of primary amides is 1. The van der Waals surface area contributed by atoms with Crippen LogP contribution in [0.25, 0.3) is 0 Å². The highest BCUT2D eigenvalue weighted by atomic mass is 16.4. The molecule has 0 aliphatic carbocycles. The number of amides is 4. The number of hydrogen-bond acceptors (Lipinski definition) is 8. The summed E-state index contributed by atoms with van der Waals surface area (Å²) in [6.07, 6.45) is -1.80. The van der Waals surface area contributed by atoms with Crippen LogP contribution in [0, 0.1) is 0 Å². The van der Waals surface area contributed by atoms with Gasteiger partial charge in [0.2, 0.25) is 23.6 Å². The van der Waals surface area contributed by atoms with E-state index in [1.54, 1.807) is 0 Å². The smallest absolute Gasteiger partial charge is 0.328 e. The highest BCUT2D eigenvalue weighted by Crippen LogP contribution is 1.99. The maximum absolute atomic E-state index is 12.1. The molecule has 13 nitrogen and oxygen atoms in total. The molecule has 154 valence electrons. The molecule has 4 unspecified atom stereocenters. The summed E-state index contributed by atoms with van der Waals surface area (Å²) in [6.45, 7) is -0.157. The van der Waals surface area contributed by atoms with Crippen molar-refractivity contribution in [1.29, 1.82) is 0 Å². The number of hydrogen-bond donors (Lipinski definition) is 8. The third-order valence-electron chi connectivity index (χ3n) is 3.33. The molecule has 0 saturated heterocycles. The SMILES string of the molecule is CC(O)C(NC(=O)CNC(=O)C(CCC(N)=O)NC(=O)C(N)CO)C(=O)O. The lowest BCUT2D eigenvalue weighted by Gasteiger charge is -2.20. The van der Waals surface area contributed by atoms with Crippen LogP contribution >= 0.6 is 0 Å². The van der Waals surface area contributed by atoms with Crippen molar-refractivity contribution in [2.75, 3.05) is 13.2 Å². The van der Waals surface area contributed by atoms with Gasteiger partial charge in [-0.15, -0.1) is 0 Å². The molecule has 0 heterocycles. The summed E-state index contributed by atoms with van der Waals surface area (Å²) in [7, 11) is 0. The molecule has 0 fully saturated rings. The van der Waals surface area contributed by atoms with E-state index >= 15 is 0 Å². The maximum Gasteiger partial charge on any atom is 0.328 e. The molecule has 0 aliphatic rings. The summed E-state index contributed by atoms with van der Waals surface area (Å²) in [4.78, 5) is 57.3. The van der Waals surface area contributed by atoms with Gasteiger partial charge >= 0.3 is 5.97 Å². The summed E-state index contributed by atoms with van der Waals surface area (Å²) in [5.41, 5.74) is 10.3. The minimum absolute atomic E-state index is 0.182. The van der Waals surface area contributed by atoms with Gasteiger partial charge in [-0.05, 0) is 13.3 Å². The summed E-state index contributed by atoms with van der Waals surface area (Å²) in [5, 5.41) is 33.4. The van der Waals surface area contributed by atoms with E-state index in [1.165, 1.54) is 0 Å². The highest BCUT2D eigenvalue weighted by molar-refractivity contribution is 5.93. The Kier molecular flexibility index (Phi) is 10.6. The van der Waals surface area contributed by atoms with Crippen LogP contribution in [-0.2, 0) is 24.0 Å². The van der Waals surface area contributed by atoms with Crippen LogP contribution in [0.4, 0.5) is 0 Å². The van der Waals surface area contributed by atoms with Crippen molar-refractivity contribution in [1.82, 2.24) is 16.0 Å². The first-order valence-electron chi connectivity index (χ1n) is 7.92. The lowest BCUT2D eigenvalue weighted by atomic mass is 10.1. The van der Waals surface area contributed by atoms with E-state index < -0.39 is 67.0 Å². The normalized spacial score (nSPS) is 15.0. The van der Waals surface area contributed by atoms with Crippen LogP contribution in [-0.4, -0.2) is 82.3 Å². The third kappa shape index (κ3) is 9.48. The van der Waals surface area contributed by atoms with Gasteiger partial charge in [0.25, 0.3) is 0 Å². The molecule has 0 rings (SSSR count). The average Bonchev–Trinajstić information content (AvgIpc) is 2.59. The minimum atomic E-state index is -1.57. The first-order valence-corrected chi connectivity index (χ1v) is 7.92. The van der Waals surface area contributed by atoms with Crippen molar-refractivity contribution in [2.24, 2.45) is 11.5 Å². The van der Waals surface area contributed by atoms with Crippen molar-refractivity contribution >= 4 is 29.6 Å². The molecule has 0 radical (unpaired) electrons. The molecule has 4 amide bonds. The van der Waals surface area contributed by atoms with Gasteiger partial charge in [-0.2, -0.15) is 0 Å². The van der Waals surface area contributed by atoms with Crippen LogP contribution < -0.4 is 27.4 Å². The molecule has 4 atom stereocenters. The van der Waals surface area contributed by atoms with Crippen molar-refractivity contribution in [3.8, 4) is 0 Å². The van der Waals surface area contributed by atoms with E-state index in [0.29, 0.717) is 0 Å². The Balaban J connectivity index is 4.82. The van der Waals surface area contributed by atoms with E-state index in [4.69, 9.17) is 21.7 Å². The molecular formula is C14H25N5O8. The Bertz CT molecular complexity index is 568. The van der Waals surface area contributed by atoms with E-state index in [-0.39, 0.29) is 12.8 Å². The predicted octanol–water partition coefficient (Wildman–Crippen LogP) is -4.88. The number of rotatable bonds is 12. The quantitative estimate of drug-likeness (QED) is 0.159. The third-order valence-corrected chi connectivity index (χ3v) is 3.33. The summed E-state index contributed by atoms with van der Waals surface area (Å²) >= 11 is 0. The Morgan fingerprint density at radius 1 is 1.07 bits per heavy atom. The van der Waals surface area contributed by atoms with Crippen LogP contribution in [0.2, 0.25) is 0 Å². The molecule has 0 aliphatic heterocycles. The number of carbonyl (C=O) groups is 5. The van der Waals surface area contributed by atoms with E-state index in [2.05, 4.69) is 10.6 Å². The summed E-state index contributed by atoms with van der Waals surface area (Å²) in [6, 6.07) is -4.12. The van der Waals surface area contributed by atoms with Gasteiger partial charge in [0.1, 0.15) is 12.1 Å². The number of carbonyl (C=O) groups excluding carboxylic acids is 4. The van der Waals surface area contributed by atoms with Crippen molar-refractivity contribution < 1.29 is 39.3 Å². The van der Waals surface area contributed by atoms with Gasteiger partial charge in [-0.1, -0.05) is 0 Å². The van der Waals surface area contributed by atoms with Gasteiger partial charge in [0, 0.05) is 6.42 Å². The summed E-state index contributed by atoms with van der Waals surface area (Å²) in [5.74, 6) is -4.80. The van der Waals surface area contributed by atoms with Crippen LogP contribution in [0.1, 0.15) is 19.8 Å². The highest BCUT2D eigenvalue weighted by Gasteiger charge is 2.27. The van der Waals surface area contributed by atoms with Gasteiger partial charge in [-0.3, -0.25) is 19.2 Å². The standard InChI is InChI=1S/C14H25N5O8/c1-6(21)11(14(26)27)19-10(23)4-17-13(25)8(2-3-9(16)22)18-12(24)7(15)5-20/h6-8,11,20-21H,2-5,15H2,1H3,(H2,16,22)(H,17,25)(H,18,24)(H,19,23)(H,26,27). The van der Waals surface area contributed by atoms with E-state index in [1.807, 2.05) is 5.32 Å². The van der Waals surface area contributed by atoms with Gasteiger partial charge in [-0.25, -0.2) is 4.79 Å². The number of aliphatic hydroxyl groups is 2. The molecule has 27 heavy (non-hydrogen) atoms. The number of nitrogens with one attached hydrogen (secondary N) is 3. The monoisotopic (exact) mass is 391 g/mol. The molecular weight excluding hydrogens is 366 g/mol. The lowest BCUT2D eigenvalue weighted by Crippen LogP contribution is -2.55. The Labute approximate surface area is 154 Å². The Morgan fingerprint density at radius 3 is 2.11 bits per heavy atom. The predicted molar refractivity (Wildman–Crippen MR) is 89.7 cm³/mol. The lowest BCUT2D eigenvalue weighted by molar-refractivity contribution is -0.144. The van der Waals surface area contributed by atoms with E-state index in [9.17, 15) is 29.1 Å². The Hall–Kier alpha value is -2.77. The molecule has 0 aromatic carbocycles. The van der Waals surface area contributed by atoms with Crippen LogP contribution in [0.5, 0.6) is 0 Å². The van der Waals surface area contributed by atoms with Gasteiger partial charge < -0.3 is 42.7 Å². The number of carboxylic acid groups (broad SMARTS) is 1. The first kappa shape index (κ1) is 24.2. The molecule has 10 N–H and O–H groups in total. The largest absolute Gasteiger partial charge is 0.480 e. The second kappa shape index (κ2) is 11.8. The molecule has 0 saturated carbocycles. The number of aliphatic hydroxyl groups excluding tert-OH is 2. The molecule has 0 aromatic rings. The fourth-order valence-corrected chi connectivity index (χ4v) is 1.82. The second-order valence-corrected chi connectivity index (χ2v) is 5.70. The number of aliphatic carboxylic acids is 1. The molecule has 0 bridgehead atoms. The number of carboxylic acids is 1.